The number of nitrogens with zero attached hydrogens (tertiary/aromatic N) is 1. The lowest BCUT2D eigenvalue weighted by molar-refractivity contribution is 0.358. The van der Waals surface area contributed by atoms with Crippen LogP contribution in [-0.4, -0.2) is 17.5 Å². The summed E-state index contributed by atoms with van der Waals surface area (Å²) in [6.45, 7) is 0.304. The van der Waals surface area contributed by atoms with Gasteiger partial charge in [-0.15, -0.1) is 0 Å². The van der Waals surface area contributed by atoms with E-state index in [4.69, 9.17) is 4.74 Å². The molecule has 0 amide bonds. The van der Waals surface area contributed by atoms with E-state index in [0.717, 1.165) is 18.4 Å². The molecule has 25 heavy (non-hydrogen) atoms. The molecule has 2 aromatic carbocycles. The van der Waals surface area contributed by atoms with Crippen molar-refractivity contribution in [1.82, 2.24) is 4.31 Å². The standard InChI is InChI=1S/C17H14F5NOS/c1-24-11-6-2-9(3-7-11)8-23(10-4-5-10)25-17-15(21)13(19)12(18)14(20)16(17)22/h2-3,6-7,10H,4-5,8H2,1H3. The minimum atomic E-state index is -2.15. The van der Waals surface area contributed by atoms with Crippen LogP contribution in [0.4, 0.5) is 22.0 Å². The Labute approximate surface area is 145 Å². The predicted molar refractivity (Wildman–Crippen MR) is 83.6 cm³/mol. The van der Waals surface area contributed by atoms with Crippen molar-refractivity contribution in [3.63, 3.8) is 0 Å². The molecule has 2 nitrogen and oxygen atoms in total. The van der Waals surface area contributed by atoms with Crippen molar-refractivity contribution in [3.05, 3.63) is 58.9 Å². The summed E-state index contributed by atoms with van der Waals surface area (Å²) < 4.78 is 74.4. The van der Waals surface area contributed by atoms with E-state index in [-0.39, 0.29) is 6.04 Å². The first-order valence-corrected chi connectivity index (χ1v) is 8.28. The highest BCUT2D eigenvalue weighted by Crippen LogP contribution is 2.40. The maximum Gasteiger partial charge on any atom is 0.200 e. The molecular weight excluding hydrogens is 361 g/mol. The molecule has 0 aromatic heterocycles. The topological polar surface area (TPSA) is 12.5 Å². The van der Waals surface area contributed by atoms with Gasteiger partial charge in [0.05, 0.1) is 7.11 Å². The number of benzene rings is 2. The maximum atomic E-state index is 13.9. The van der Waals surface area contributed by atoms with Crippen LogP contribution in [0.3, 0.4) is 0 Å². The van der Waals surface area contributed by atoms with E-state index >= 15 is 0 Å². The van der Waals surface area contributed by atoms with Gasteiger partial charge in [-0.25, -0.2) is 26.3 Å². The first-order valence-electron chi connectivity index (χ1n) is 7.51. The second-order valence-corrected chi connectivity index (χ2v) is 6.70. The third-order valence-electron chi connectivity index (χ3n) is 3.83. The van der Waals surface area contributed by atoms with Crippen molar-refractivity contribution in [2.45, 2.75) is 30.3 Å². The molecular formula is C17H14F5NOS. The third-order valence-corrected chi connectivity index (χ3v) is 5.03. The summed E-state index contributed by atoms with van der Waals surface area (Å²) in [5, 5.41) is 0. The molecule has 1 saturated carbocycles. The number of rotatable bonds is 6. The van der Waals surface area contributed by atoms with Crippen LogP contribution in [0.25, 0.3) is 0 Å². The smallest absolute Gasteiger partial charge is 0.200 e. The molecule has 0 unspecified atom stereocenters. The summed E-state index contributed by atoms with van der Waals surface area (Å²) >= 11 is 0.560. The monoisotopic (exact) mass is 375 g/mol. The molecule has 0 radical (unpaired) electrons. The Morgan fingerprint density at radius 2 is 1.44 bits per heavy atom. The molecule has 1 aliphatic rings. The zero-order valence-corrected chi connectivity index (χ0v) is 14.0. The lowest BCUT2D eigenvalue weighted by Crippen LogP contribution is -2.19. The summed E-state index contributed by atoms with van der Waals surface area (Å²) in [5.74, 6) is -8.95. The zero-order valence-electron chi connectivity index (χ0n) is 13.2. The second-order valence-electron chi connectivity index (χ2n) is 5.64. The molecule has 1 aliphatic carbocycles. The molecule has 0 atom stereocenters. The lowest BCUT2D eigenvalue weighted by Gasteiger charge is -2.21. The Morgan fingerprint density at radius 3 is 1.92 bits per heavy atom. The number of ether oxygens (including phenoxy) is 1. The third kappa shape index (κ3) is 3.74. The van der Waals surface area contributed by atoms with Gasteiger partial charge < -0.3 is 4.74 Å². The SMILES string of the molecule is COc1ccc(CN(Sc2c(F)c(F)c(F)c(F)c2F)C2CC2)cc1. The van der Waals surface area contributed by atoms with Crippen molar-refractivity contribution in [2.24, 2.45) is 0 Å². The van der Waals surface area contributed by atoms with Crippen molar-refractivity contribution < 1.29 is 26.7 Å². The minimum Gasteiger partial charge on any atom is -0.497 e. The first kappa shape index (κ1) is 18.0. The first-order chi connectivity index (χ1) is 11.9. The average molecular weight is 375 g/mol. The van der Waals surface area contributed by atoms with E-state index in [1.54, 1.807) is 28.6 Å². The van der Waals surface area contributed by atoms with Crippen LogP contribution in [0.1, 0.15) is 18.4 Å². The molecule has 2 aromatic rings. The van der Waals surface area contributed by atoms with Crippen molar-refractivity contribution in [2.75, 3.05) is 7.11 Å². The molecule has 0 saturated heterocycles. The van der Waals surface area contributed by atoms with E-state index < -0.39 is 34.0 Å². The predicted octanol–water partition coefficient (Wildman–Crippen LogP) is 5.06. The van der Waals surface area contributed by atoms with E-state index in [0.29, 0.717) is 24.2 Å². The highest BCUT2D eigenvalue weighted by Gasteiger charge is 2.34. The maximum absolute atomic E-state index is 13.9. The fraction of sp³-hybridized carbons (Fsp3) is 0.294. The van der Waals surface area contributed by atoms with Gasteiger partial charge in [0, 0.05) is 12.6 Å². The molecule has 0 aliphatic heterocycles. The molecule has 0 N–H and O–H groups in total. The van der Waals surface area contributed by atoms with Gasteiger partial charge in [-0.2, -0.15) is 0 Å². The van der Waals surface area contributed by atoms with Gasteiger partial charge >= 0.3 is 0 Å². The molecule has 134 valence electrons. The molecule has 0 bridgehead atoms. The Morgan fingerprint density at radius 1 is 0.920 bits per heavy atom. The molecule has 8 heteroatoms. The van der Waals surface area contributed by atoms with Gasteiger partial charge in [0.1, 0.15) is 10.6 Å². The van der Waals surface area contributed by atoms with E-state index in [1.807, 2.05) is 0 Å². The normalized spacial score (nSPS) is 14.2. The van der Waals surface area contributed by atoms with Crippen LogP contribution in [0.2, 0.25) is 0 Å². The van der Waals surface area contributed by atoms with Crippen LogP contribution in [-0.2, 0) is 6.54 Å². The zero-order chi connectivity index (χ0) is 18.1. The number of halogens is 5. The highest BCUT2D eigenvalue weighted by atomic mass is 32.2. The van der Waals surface area contributed by atoms with Gasteiger partial charge in [-0.05, 0) is 42.5 Å². The Balaban J connectivity index is 1.85. The summed E-state index contributed by atoms with van der Waals surface area (Å²) in [7, 11) is 1.53. The summed E-state index contributed by atoms with van der Waals surface area (Å²) in [6.07, 6.45) is 1.61. The molecule has 3 rings (SSSR count). The largest absolute Gasteiger partial charge is 0.497 e. The van der Waals surface area contributed by atoms with Crippen molar-refractivity contribution in [3.8, 4) is 5.75 Å². The Hall–Kier alpha value is -1.80. The number of hydrogen-bond acceptors (Lipinski definition) is 3. The fourth-order valence-corrected chi connectivity index (χ4v) is 3.44. The van der Waals surface area contributed by atoms with Crippen LogP contribution >= 0.6 is 11.9 Å². The number of hydrogen-bond donors (Lipinski definition) is 0. The van der Waals surface area contributed by atoms with Crippen LogP contribution in [0.5, 0.6) is 5.75 Å². The van der Waals surface area contributed by atoms with Crippen LogP contribution in [0.15, 0.2) is 29.2 Å². The van der Waals surface area contributed by atoms with Gasteiger partial charge in [0.25, 0.3) is 0 Å². The second kappa shape index (κ2) is 7.21. The number of methoxy groups -OCH3 is 1. The van der Waals surface area contributed by atoms with E-state index in [2.05, 4.69) is 0 Å². The summed E-state index contributed by atoms with van der Waals surface area (Å²) in [6, 6.07) is 7.08. The summed E-state index contributed by atoms with van der Waals surface area (Å²) in [5.41, 5.74) is 0.837. The minimum absolute atomic E-state index is 0.0297. The van der Waals surface area contributed by atoms with Crippen LogP contribution in [0, 0.1) is 29.1 Å². The molecule has 0 heterocycles. The summed E-state index contributed by atoms with van der Waals surface area (Å²) in [4.78, 5) is -0.878. The van der Waals surface area contributed by atoms with Gasteiger partial charge in [0.2, 0.25) is 5.82 Å². The van der Waals surface area contributed by atoms with Gasteiger partial charge in [-0.1, -0.05) is 12.1 Å². The molecule has 1 fully saturated rings. The van der Waals surface area contributed by atoms with E-state index in [1.165, 1.54) is 7.11 Å². The molecule has 0 spiro atoms. The van der Waals surface area contributed by atoms with Gasteiger partial charge in [-0.3, -0.25) is 0 Å². The average Bonchev–Trinajstić information content (AvgIpc) is 3.46. The highest BCUT2D eigenvalue weighted by molar-refractivity contribution is 7.97. The van der Waals surface area contributed by atoms with Crippen LogP contribution < -0.4 is 4.74 Å². The van der Waals surface area contributed by atoms with Crippen molar-refractivity contribution >= 4 is 11.9 Å². The fourth-order valence-electron chi connectivity index (χ4n) is 2.29. The van der Waals surface area contributed by atoms with E-state index in [9.17, 15) is 22.0 Å². The van der Waals surface area contributed by atoms with Crippen molar-refractivity contribution in [1.29, 1.82) is 0 Å². The Bertz CT molecular complexity index is 751. The Kier molecular flexibility index (Phi) is 5.19. The lowest BCUT2D eigenvalue weighted by atomic mass is 10.2. The van der Waals surface area contributed by atoms with Gasteiger partial charge in [0.15, 0.2) is 23.3 Å². The quantitative estimate of drug-likeness (QED) is 0.303.